The third kappa shape index (κ3) is 6.30. The van der Waals surface area contributed by atoms with Gasteiger partial charge in [0.2, 0.25) is 15.9 Å². The summed E-state index contributed by atoms with van der Waals surface area (Å²) in [4.78, 5) is 17.5. The van der Waals surface area contributed by atoms with Crippen LogP contribution in [0, 0.1) is 0 Å². The van der Waals surface area contributed by atoms with Gasteiger partial charge in [0, 0.05) is 12.2 Å². The van der Waals surface area contributed by atoms with Crippen molar-refractivity contribution >= 4 is 44.4 Å². The summed E-state index contributed by atoms with van der Waals surface area (Å²) in [6.07, 6.45) is 2.66. The molecule has 1 aromatic heterocycles. The molecule has 0 radical (unpaired) electrons. The van der Waals surface area contributed by atoms with Crippen LogP contribution in [-0.4, -0.2) is 29.6 Å². The quantitative estimate of drug-likeness (QED) is 0.299. The minimum atomic E-state index is -3.82. The average molecular weight is 509 g/mol. The van der Waals surface area contributed by atoms with Crippen LogP contribution in [0.5, 0.6) is 0 Å². The number of amides is 1. The number of nitrogens with two attached hydrogens (primary N) is 1. The lowest BCUT2D eigenvalue weighted by molar-refractivity contribution is -0.113. The number of rotatable bonds is 10. The predicted molar refractivity (Wildman–Crippen MR) is 141 cm³/mol. The lowest BCUT2D eigenvalue weighted by Crippen LogP contribution is -2.16. The van der Waals surface area contributed by atoms with E-state index < -0.39 is 10.0 Å². The molecule has 9 heteroatoms. The molecule has 3 N–H and O–H groups in total. The molecule has 0 atom stereocenters. The predicted octanol–water partition coefficient (Wildman–Crippen LogP) is 4.81. The van der Waals surface area contributed by atoms with Gasteiger partial charge in [-0.25, -0.2) is 18.5 Å². The third-order valence-electron chi connectivity index (χ3n) is 5.61. The number of fused-ring (bicyclic) bond motifs is 1. The highest BCUT2D eigenvalue weighted by atomic mass is 32.2. The highest BCUT2D eigenvalue weighted by Gasteiger charge is 2.16. The van der Waals surface area contributed by atoms with Gasteiger partial charge in [-0.2, -0.15) is 0 Å². The van der Waals surface area contributed by atoms with Crippen LogP contribution in [0.3, 0.4) is 0 Å². The zero-order chi connectivity index (χ0) is 24.8. The average Bonchev–Trinajstić information content (AvgIpc) is 3.19. The molecule has 0 fully saturated rings. The van der Waals surface area contributed by atoms with Crippen molar-refractivity contribution in [3.05, 3.63) is 83.9 Å². The highest BCUT2D eigenvalue weighted by Crippen LogP contribution is 2.27. The van der Waals surface area contributed by atoms with E-state index in [-0.39, 0.29) is 16.6 Å². The smallest absolute Gasteiger partial charge is 0.238 e. The molecule has 182 valence electrons. The van der Waals surface area contributed by atoms with Gasteiger partial charge in [0.05, 0.1) is 21.7 Å². The van der Waals surface area contributed by atoms with Gasteiger partial charge in [0.1, 0.15) is 0 Å². The zero-order valence-corrected chi connectivity index (χ0v) is 21.1. The lowest BCUT2D eigenvalue weighted by Gasteiger charge is -2.12. The van der Waals surface area contributed by atoms with Crippen LogP contribution in [0.15, 0.2) is 82.8 Å². The SMILES string of the molecule is CCCCn1c(SCC(=O)Nc2ccccc2Cc2ccccc2)nc2cc(S(N)(=O)=O)ccc21. The molecule has 0 aliphatic carbocycles. The Hall–Kier alpha value is -3.14. The highest BCUT2D eigenvalue weighted by molar-refractivity contribution is 7.99. The topological polar surface area (TPSA) is 107 Å². The summed E-state index contributed by atoms with van der Waals surface area (Å²) in [7, 11) is -3.82. The summed E-state index contributed by atoms with van der Waals surface area (Å²) in [6.45, 7) is 2.83. The van der Waals surface area contributed by atoms with Crippen LogP contribution in [0.2, 0.25) is 0 Å². The van der Waals surface area contributed by atoms with Gasteiger partial charge in [0.15, 0.2) is 5.16 Å². The minimum absolute atomic E-state index is 0.0226. The number of anilines is 1. The maximum Gasteiger partial charge on any atom is 0.238 e. The fourth-order valence-corrected chi connectivity index (χ4v) is 5.21. The molecule has 0 saturated heterocycles. The van der Waals surface area contributed by atoms with Gasteiger partial charge in [0.25, 0.3) is 0 Å². The molecule has 4 rings (SSSR count). The Morgan fingerprint density at radius 2 is 1.80 bits per heavy atom. The Balaban J connectivity index is 1.51. The molecule has 0 aliphatic rings. The standard InChI is InChI=1S/C26H28N4O3S2/c1-2-3-15-30-24-14-13-21(35(27,32)33)17-23(24)29-26(30)34-18-25(31)28-22-12-8-7-11-20(22)16-19-9-5-4-6-10-19/h4-14,17H,2-3,15-16,18H2,1H3,(H,28,31)(H2,27,32,33). The number of imidazole rings is 1. The number of thioether (sulfide) groups is 1. The van der Waals surface area contributed by atoms with E-state index in [0.29, 0.717) is 10.7 Å². The Labute approximate surface area is 209 Å². The minimum Gasteiger partial charge on any atom is -0.325 e. The summed E-state index contributed by atoms with van der Waals surface area (Å²) in [6, 6.07) is 22.6. The van der Waals surface area contributed by atoms with E-state index in [1.54, 1.807) is 6.07 Å². The maximum absolute atomic E-state index is 12.9. The summed E-state index contributed by atoms with van der Waals surface area (Å²) in [5.74, 6) is 0.0480. The molecule has 1 heterocycles. The molecule has 0 spiro atoms. The van der Waals surface area contributed by atoms with Crippen LogP contribution >= 0.6 is 11.8 Å². The molecule has 1 amide bonds. The number of aryl methyl sites for hydroxylation is 1. The summed E-state index contributed by atoms with van der Waals surface area (Å²) in [5.41, 5.74) is 4.37. The van der Waals surface area contributed by atoms with Gasteiger partial charge in [-0.3, -0.25) is 4.79 Å². The van der Waals surface area contributed by atoms with Crippen LogP contribution in [0.4, 0.5) is 5.69 Å². The molecule has 0 bridgehead atoms. The largest absolute Gasteiger partial charge is 0.325 e. The van der Waals surface area contributed by atoms with Crippen LogP contribution in [0.25, 0.3) is 11.0 Å². The summed E-state index contributed by atoms with van der Waals surface area (Å²) in [5, 5.41) is 8.99. The Morgan fingerprint density at radius 1 is 1.06 bits per heavy atom. The normalized spacial score (nSPS) is 11.6. The first kappa shape index (κ1) is 25.0. The molecular formula is C26H28N4O3S2. The number of carbonyl (C=O) groups excluding carboxylic acids is 1. The molecule has 0 unspecified atom stereocenters. The number of nitrogens with one attached hydrogen (secondary N) is 1. The van der Waals surface area contributed by atoms with E-state index in [2.05, 4.69) is 29.4 Å². The monoisotopic (exact) mass is 508 g/mol. The van der Waals surface area contributed by atoms with Crippen LogP contribution in [0.1, 0.15) is 30.9 Å². The van der Waals surface area contributed by atoms with E-state index in [9.17, 15) is 13.2 Å². The van der Waals surface area contributed by atoms with E-state index in [1.165, 1.54) is 29.5 Å². The number of unbranched alkanes of at least 4 members (excludes halogenated alkanes) is 1. The van der Waals surface area contributed by atoms with Gasteiger partial charge in [-0.15, -0.1) is 0 Å². The van der Waals surface area contributed by atoms with Crippen molar-refractivity contribution in [3.8, 4) is 0 Å². The number of carbonyl (C=O) groups is 1. The number of hydrogen-bond acceptors (Lipinski definition) is 5. The first-order chi connectivity index (χ1) is 16.8. The number of benzene rings is 3. The fourth-order valence-electron chi connectivity index (χ4n) is 3.84. The van der Waals surface area contributed by atoms with Crippen molar-refractivity contribution in [2.24, 2.45) is 5.14 Å². The first-order valence-electron chi connectivity index (χ1n) is 11.4. The van der Waals surface area contributed by atoms with Gasteiger partial charge < -0.3 is 9.88 Å². The van der Waals surface area contributed by atoms with Gasteiger partial charge >= 0.3 is 0 Å². The van der Waals surface area contributed by atoms with Crippen molar-refractivity contribution in [3.63, 3.8) is 0 Å². The second-order valence-corrected chi connectivity index (χ2v) is 10.8. The van der Waals surface area contributed by atoms with Crippen molar-refractivity contribution in [2.45, 2.75) is 42.8 Å². The molecule has 7 nitrogen and oxygen atoms in total. The van der Waals surface area contributed by atoms with E-state index in [4.69, 9.17) is 5.14 Å². The van der Waals surface area contributed by atoms with Crippen LogP contribution < -0.4 is 10.5 Å². The third-order valence-corrected chi connectivity index (χ3v) is 7.50. The maximum atomic E-state index is 12.9. The van der Waals surface area contributed by atoms with Crippen molar-refractivity contribution in [2.75, 3.05) is 11.1 Å². The number of nitrogens with zero attached hydrogens (tertiary/aromatic N) is 2. The molecule has 0 aliphatic heterocycles. The Morgan fingerprint density at radius 3 is 2.54 bits per heavy atom. The van der Waals surface area contributed by atoms with Crippen LogP contribution in [-0.2, 0) is 27.8 Å². The molecular weight excluding hydrogens is 480 g/mol. The van der Waals surface area contributed by atoms with Gasteiger partial charge in [-0.1, -0.05) is 73.6 Å². The molecule has 0 saturated carbocycles. The fraction of sp³-hybridized carbons (Fsp3) is 0.231. The van der Waals surface area contributed by atoms with E-state index >= 15 is 0 Å². The number of sulfonamides is 1. The first-order valence-corrected chi connectivity index (χ1v) is 14.0. The molecule has 3 aromatic carbocycles. The number of para-hydroxylation sites is 1. The lowest BCUT2D eigenvalue weighted by atomic mass is 10.0. The zero-order valence-electron chi connectivity index (χ0n) is 19.5. The Kier molecular flexibility index (Phi) is 7.90. The van der Waals surface area contributed by atoms with Gasteiger partial charge in [-0.05, 0) is 48.2 Å². The van der Waals surface area contributed by atoms with Crippen molar-refractivity contribution < 1.29 is 13.2 Å². The molecule has 4 aromatic rings. The number of hydrogen-bond donors (Lipinski definition) is 2. The number of primary sulfonamides is 1. The Bertz CT molecular complexity index is 1430. The second-order valence-electron chi connectivity index (χ2n) is 8.25. The second kappa shape index (κ2) is 11.1. The number of aromatic nitrogens is 2. The van der Waals surface area contributed by atoms with E-state index in [0.717, 1.165) is 42.6 Å². The van der Waals surface area contributed by atoms with E-state index in [1.807, 2.05) is 47.0 Å². The summed E-state index contributed by atoms with van der Waals surface area (Å²) < 4.78 is 25.5. The summed E-state index contributed by atoms with van der Waals surface area (Å²) >= 11 is 1.33. The van der Waals surface area contributed by atoms with Crippen molar-refractivity contribution in [1.82, 2.24) is 9.55 Å². The molecule has 35 heavy (non-hydrogen) atoms. The van der Waals surface area contributed by atoms with Crippen molar-refractivity contribution in [1.29, 1.82) is 0 Å².